The number of carbonyl (C=O) groups excluding carboxylic acids is 1. The molecule has 3 rings (SSSR count). The summed E-state index contributed by atoms with van der Waals surface area (Å²) in [5, 5.41) is 2.83. The van der Waals surface area contributed by atoms with Crippen LogP contribution in [0.3, 0.4) is 0 Å². The molecular formula is C18H20ClN5O3. The Labute approximate surface area is 160 Å². The molecule has 1 aromatic carbocycles. The van der Waals surface area contributed by atoms with Crippen LogP contribution in [-0.4, -0.2) is 24.6 Å². The number of aryl methyl sites for hydroxylation is 1. The van der Waals surface area contributed by atoms with Crippen LogP contribution in [0.4, 0.5) is 5.69 Å². The van der Waals surface area contributed by atoms with Crippen molar-refractivity contribution in [3.63, 3.8) is 0 Å². The molecule has 2 aromatic heterocycles. The van der Waals surface area contributed by atoms with Crippen molar-refractivity contribution < 1.29 is 4.79 Å². The summed E-state index contributed by atoms with van der Waals surface area (Å²) in [5.41, 5.74) is 0.900. The van der Waals surface area contributed by atoms with Gasteiger partial charge >= 0.3 is 5.69 Å². The Hall–Kier alpha value is -2.87. The highest BCUT2D eigenvalue weighted by molar-refractivity contribution is 6.29. The van der Waals surface area contributed by atoms with Gasteiger partial charge in [-0.1, -0.05) is 32.0 Å². The number of nitrogens with one attached hydrogen (secondary N) is 1. The van der Waals surface area contributed by atoms with E-state index < -0.39 is 11.2 Å². The normalized spacial score (nSPS) is 11.3. The average molecular weight is 390 g/mol. The first-order valence-electron chi connectivity index (χ1n) is 8.43. The molecule has 0 saturated heterocycles. The minimum atomic E-state index is -0.553. The molecule has 0 unspecified atom stereocenters. The number of carbonyl (C=O) groups is 1. The number of fused-ring (bicyclic) bond motifs is 1. The number of aromatic nitrogens is 4. The van der Waals surface area contributed by atoms with E-state index in [9.17, 15) is 14.4 Å². The summed E-state index contributed by atoms with van der Waals surface area (Å²) in [4.78, 5) is 41.2. The number of amides is 1. The van der Waals surface area contributed by atoms with Crippen LogP contribution in [0.2, 0.25) is 5.28 Å². The smallest absolute Gasteiger partial charge is 0.324 e. The molecule has 0 atom stereocenters. The summed E-state index contributed by atoms with van der Waals surface area (Å²) < 4.78 is 3.50. The second-order valence-corrected chi connectivity index (χ2v) is 6.97. The molecule has 3 aromatic rings. The van der Waals surface area contributed by atoms with Crippen molar-refractivity contribution in [1.29, 1.82) is 0 Å². The number of rotatable bonds is 4. The standard InChI is InChI=1S/C18H20ClN5O3/c1-10(2)11-7-5-6-8-12(11)20-13(25)9-24-14-15(21-17(24)19)22(3)18(27)23(4)16(14)26/h5-8,10H,9H2,1-4H3,(H,20,25). The molecule has 2 heterocycles. The minimum absolute atomic E-state index is 0.0319. The van der Waals surface area contributed by atoms with Crippen molar-refractivity contribution in [3.05, 3.63) is 56.0 Å². The number of imidazole rings is 1. The molecule has 8 nitrogen and oxygen atoms in total. The Morgan fingerprint density at radius 3 is 2.52 bits per heavy atom. The second kappa shape index (κ2) is 7.03. The third kappa shape index (κ3) is 3.28. The Morgan fingerprint density at radius 2 is 1.85 bits per heavy atom. The lowest BCUT2D eigenvalue weighted by Gasteiger charge is -2.14. The van der Waals surface area contributed by atoms with Crippen LogP contribution in [0, 0.1) is 0 Å². The fourth-order valence-corrected chi connectivity index (χ4v) is 3.24. The van der Waals surface area contributed by atoms with Gasteiger partial charge in [0, 0.05) is 19.8 Å². The fraction of sp³-hybridized carbons (Fsp3) is 0.333. The summed E-state index contributed by atoms with van der Waals surface area (Å²) in [6.45, 7) is 3.88. The zero-order valence-electron chi connectivity index (χ0n) is 15.5. The van der Waals surface area contributed by atoms with Crippen molar-refractivity contribution in [1.82, 2.24) is 18.7 Å². The Morgan fingerprint density at radius 1 is 1.19 bits per heavy atom. The molecule has 0 aliphatic carbocycles. The van der Waals surface area contributed by atoms with Crippen LogP contribution >= 0.6 is 11.6 Å². The maximum absolute atomic E-state index is 12.6. The minimum Gasteiger partial charge on any atom is -0.324 e. The quantitative estimate of drug-likeness (QED) is 0.689. The van der Waals surface area contributed by atoms with Gasteiger partial charge in [0.15, 0.2) is 11.2 Å². The first kappa shape index (κ1) is 18.9. The van der Waals surface area contributed by atoms with E-state index in [1.54, 1.807) is 0 Å². The van der Waals surface area contributed by atoms with Gasteiger partial charge in [-0.15, -0.1) is 0 Å². The highest BCUT2D eigenvalue weighted by Crippen LogP contribution is 2.24. The first-order chi connectivity index (χ1) is 12.7. The zero-order valence-corrected chi connectivity index (χ0v) is 16.2. The summed E-state index contributed by atoms with van der Waals surface area (Å²) in [5.74, 6) is -0.110. The number of anilines is 1. The van der Waals surface area contributed by atoms with Crippen LogP contribution < -0.4 is 16.6 Å². The highest BCUT2D eigenvalue weighted by atomic mass is 35.5. The van der Waals surface area contributed by atoms with Gasteiger partial charge in [0.1, 0.15) is 6.54 Å². The Kier molecular flexibility index (Phi) is 4.93. The van der Waals surface area contributed by atoms with Crippen molar-refractivity contribution >= 4 is 34.4 Å². The molecule has 0 aliphatic rings. The number of hydrogen-bond donors (Lipinski definition) is 1. The molecule has 0 radical (unpaired) electrons. The Bertz CT molecular complexity index is 1160. The maximum atomic E-state index is 12.6. The second-order valence-electron chi connectivity index (χ2n) is 6.64. The monoisotopic (exact) mass is 389 g/mol. The van der Waals surface area contributed by atoms with Crippen LogP contribution in [-0.2, 0) is 25.4 Å². The van der Waals surface area contributed by atoms with E-state index >= 15 is 0 Å². The van der Waals surface area contributed by atoms with Gasteiger partial charge in [-0.2, -0.15) is 4.98 Å². The lowest BCUT2D eigenvalue weighted by Crippen LogP contribution is -2.37. The van der Waals surface area contributed by atoms with E-state index in [0.717, 1.165) is 10.1 Å². The highest BCUT2D eigenvalue weighted by Gasteiger charge is 2.20. The average Bonchev–Trinajstić information content (AvgIpc) is 2.95. The van der Waals surface area contributed by atoms with E-state index in [1.165, 1.54) is 23.2 Å². The van der Waals surface area contributed by atoms with E-state index in [0.29, 0.717) is 5.69 Å². The van der Waals surface area contributed by atoms with Gasteiger partial charge in [0.25, 0.3) is 5.56 Å². The largest absolute Gasteiger partial charge is 0.332 e. The molecule has 0 saturated carbocycles. The van der Waals surface area contributed by atoms with Crippen molar-refractivity contribution in [2.24, 2.45) is 14.1 Å². The van der Waals surface area contributed by atoms with Gasteiger partial charge in [-0.3, -0.25) is 23.3 Å². The van der Waals surface area contributed by atoms with Crippen molar-refractivity contribution in [3.8, 4) is 0 Å². The summed E-state index contributed by atoms with van der Waals surface area (Å²) in [6, 6.07) is 7.52. The van der Waals surface area contributed by atoms with Gasteiger partial charge < -0.3 is 5.32 Å². The fourth-order valence-electron chi connectivity index (χ4n) is 3.01. The van der Waals surface area contributed by atoms with E-state index in [1.807, 2.05) is 38.1 Å². The van der Waals surface area contributed by atoms with E-state index in [4.69, 9.17) is 11.6 Å². The Balaban J connectivity index is 2.01. The molecular weight excluding hydrogens is 370 g/mol. The topological polar surface area (TPSA) is 90.9 Å². The third-order valence-corrected chi connectivity index (χ3v) is 4.75. The van der Waals surface area contributed by atoms with Crippen LogP contribution in [0.1, 0.15) is 25.3 Å². The molecule has 0 spiro atoms. The number of benzene rings is 1. The molecule has 0 aliphatic heterocycles. The zero-order chi connectivity index (χ0) is 19.9. The predicted octanol–water partition coefficient (Wildman–Crippen LogP) is 1.85. The molecule has 27 heavy (non-hydrogen) atoms. The molecule has 0 bridgehead atoms. The molecule has 1 amide bonds. The maximum Gasteiger partial charge on any atom is 0.332 e. The van der Waals surface area contributed by atoms with Crippen LogP contribution in [0.25, 0.3) is 11.2 Å². The van der Waals surface area contributed by atoms with E-state index in [-0.39, 0.29) is 34.8 Å². The summed E-state index contributed by atoms with van der Waals surface area (Å²) >= 11 is 6.15. The lowest BCUT2D eigenvalue weighted by molar-refractivity contribution is -0.116. The summed E-state index contributed by atoms with van der Waals surface area (Å²) in [6.07, 6.45) is 0. The number of halogens is 1. The van der Waals surface area contributed by atoms with Gasteiger partial charge in [0.2, 0.25) is 11.2 Å². The van der Waals surface area contributed by atoms with Gasteiger partial charge in [0.05, 0.1) is 0 Å². The molecule has 0 fully saturated rings. The SMILES string of the molecule is CC(C)c1ccccc1NC(=O)Cn1c(Cl)nc2c1c(=O)n(C)c(=O)n2C. The van der Waals surface area contributed by atoms with Crippen molar-refractivity contribution in [2.75, 3.05) is 5.32 Å². The van der Waals surface area contributed by atoms with Crippen molar-refractivity contribution in [2.45, 2.75) is 26.3 Å². The van der Waals surface area contributed by atoms with Crippen LogP contribution in [0.5, 0.6) is 0 Å². The molecule has 9 heteroatoms. The lowest BCUT2D eigenvalue weighted by atomic mass is 10.0. The predicted molar refractivity (Wildman–Crippen MR) is 104 cm³/mol. The number of hydrogen-bond acceptors (Lipinski definition) is 4. The molecule has 1 N–H and O–H groups in total. The van der Waals surface area contributed by atoms with E-state index in [2.05, 4.69) is 10.3 Å². The number of nitrogens with zero attached hydrogens (tertiary/aromatic N) is 4. The summed E-state index contributed by atoms with van der Waals surface area (Å²) in [7, 11) is 2.87. The van der Waals surface area contributed by atoms with Crippen LogP contribution in [0.15, 0.2) is 33.9 Å². The van der Waals surface area contributed by atoms with Gasteiger partial charge in [-0.25, -0.2) is 4.79 Å². The molecule has 142 valence electrons. The third-order valence-electron chi connectivity index (χ3n) is 4.46. The first-order valence-corrected chi connectivity index (χ1v) is 8.80. The number of para-hydroxylation sites is 1. The van der Waals surface area contributed by atoms with Gasteiger partial charge in [-0.05, 0) is 29.1 Å².